The molecule has 1 saturated carbocycles. The first-order chi connectivity index (χ1) is 16.1. The van der Waals surface area contributed by atoms with Gasteiger partial charge in [0.1, 0.15) is 5.82 Å². The molecule has 2 N–H and O–H groups in total. The summed E-state index contributed by atoms with van der Waals surface area (Å²) in [5.41, 5.74) is 13.9. The molecule has 0 saturated heterocycles. The normalized spacial score (nSPS) is 14.8. The lowest BCUT2D eigenvalue weighted by molar-refractivity contribution is 0.253. The Morgan fingerprint density at radius 3 is 2.18 bits per heavy atom. The van der Waals surface area contributed by atoms with Crippen molar-refractivity contribution in [2.45, 2.75) is 24.8 Å². The van der Waals surface area contributed by atoms with Crippen molar-refractivity contribution in [3.63, 3.8) is 0 Å². The van der Waals surface area contributed by atoms with Crippen LogP contribution in [-0.4, -0.2) is 14.6 Å². The minimum Gasteiger partial charge on any atom is -0.321 e. The molecule has 0 spiro atoms. The smallest absolute Gasteiger partial charge is 0.154 e. The number of hydrogen-bond donors (Lipinski definition) is 1. The minimum atomic E-state index is -0.267. The molecule has 6 rings (SSSR count). The van der Waals surface area contributed by atoms with Crippen LogP contribution in [0.4, 0.5) is 4.39 Å². The molecule has 4 nitrogen and oxygen atoms in total. The lowest BCUT2D eigenvalue weighted by Crippen LogP contribution is -2.43. The Kier molecular flexibility index (Phi) is 4.59. The van der Waals surface area contributed by atoms with Crippen LogP contribution < -0.4 is 5.73 Å². The van der Waals surface area contributed by atoms with Crippen LogP contribution in [0.25, 0.3) is 39.3 Å². The molecule has 0 aliphatic heterocycles. The summed E-state index contributed by atoms with van der Waals surface area (Å²) in [5.74, 6) is -0.267. The Morgan fingerprint density at radius 1 is 0.818 bits per heavy atom. The molecule has 33 heavy (non-hydrogen) atoms. The van der Waals surface area contributed by atoms with Crippen molar-refractivity contribution >= 4 is 5.65 Å². The van der Waals surface area contributed by atoms with Gasteiger partial charge < -0.3 is 5.73 Å². The van der Waals surface area contributed by atoms with Crippen LogP contribution in [0.15, 0.2) is 91.1 Å². The summed E-state index contributed by atoms with van der Waals surface area (Å²) >= 11 is 0. The molecule has 3 aromatic carbocycles. The quantitative estimate of drug-likeness (QED) is 0.366. The molecule has 5 aromatic rings. The van der Waals surface area contributed by atoms with E-state index in [2.05, 4.69) is 47.4 Å². The minimum absolute atomic E-state index is 0.196. The fourth-order valence-electron chi connectivity index (χ4n) is 4.59. The first-order valence-electron chi connectivity index (χ1n) is 11.2. The summed E-state index contributed by atoms with van der Waals surface area (Å²) in [6.07, 6.45) is 5.02. The Morgan fingerprint density at radius 2 is 1.52 bits per heavy atom. The number of halogens is 1. The molecular formula is C28H23FN4. The molecule has 5 heteroatoms. The summed E-state index contributed by atoms with van der Waals surface area (Å²) in [5, 5.41) is 5.04. The highest BCUT2D eigenvalue weighted by Crippen LogP contribution is 2.40. The fraction of sp³-hybridized carbons (Fsp3) is 0.143. The molecule has 0 radical (unpaired) electrons. The standard InChI is InChI=1S/C28H23FN4/c29-23-13-9-20(10-14-23)25-18-31-26-17-24(19-5-2-1-3-6-19)27(32-33(25)26)21-7-11-22(12-8-21)28(30)15-4-16-28/h1-3,5-14,17-18H,4,15-16,30H2. The molecule has 162 valence electrons. The van der Waals surface area contributed by atoms with E-state index in [9.17, 15) is 4.39 Å². The summed E-state index contributed by atoms with van der Waals surface area (Å²) in [6.45, 7) is 0. The van der Waals surface area contributed by atoms with Gasteiger partial charge in [-0.2, -0.15) is 5.10 Å². The summed E-state index contributed by atoms with van der Waals surface area (Å²) in [6, 6.07) is 27.2. The van der Waals surface area contributed by atoms with Crippen LogP contribution in [0.1, 0.15) is 24.8 Å². The van der Waals surface area contributed by atoms with Crippen LogP contribution in [0, 0.1) is 5.82 Å². The first kappa shape index (κ1) is 19.8. The number of fused-ring (bicyclic) bond motifs is 1. The molecule has 1 aliphatic rings. The molecule has 0 atom stereocenters. The number of hydrogen-bond acceptors (Lipinski definition) is 3. The van der Waals surface area contributed by atoms with Gasteiger partial charge in [0, 0.05) is 22.2 Å². The number of rotatable bonds is 4. The highest BCUT2D eigenvalue weighted by molar-refractivity contribution is 5.83. The molecule has 1 fully saturated rings. The van der Waals surface area contributed by atoms with E-state index in [0.29, 0.717) is 0 Å². The number of nitrogens with zero attached hydrogens (tertiary/aromatic N) is 3. The van der Waals surface area contributed by atoms with Crippen molar-refractivity contribution < 1.29 is 4.39 Å². The highest BCUT2D eigenvalue weighted by atomic mass is 19.1. The van der Waals surface area contributed by atoms with Crippen molar-refractivity contribution in [2.75, 3.05) is 0 Å². The Labute approximate surface area is 191 Å². The van der Waals surface area contributed by atoms with Gasteiger partial charge >= 0.3 is 0 Å². The molecule has 2 aromatic heterocycles. The van der Waals surface area contributed by atoms with E-state index in [1.54, 1.807) is 18.3 Å². The van der Waals surface area contributed by atoms with Gasteiger partial charge in [0.05, 0.1) is 17.6 Å². The van der Waals surface area contributed by atoms with Gasteiger partial charge in [0.2, 0.25) is 0 Å². The van der Waals surface area contributed by atoms with Gasteiger partial charge in [0.15, 0.2) is 5.65 Å². The summed E-state index contributed by atoms with van der Waals surface area (Å²) < 4.78 is 15.3. The van der Waals surface area contributed by atoms with Gasteiger partial charge in [-0.3, -0.25) is 0 Å². The predicted molar refractivity (Wildman–Crippen MR) is 129 cm³/mol. The van der Waals surface area contributed by atoms with Crippen molar-refractivity contribution in [1.29, 1.82) is 0 Å². The van der Waals surface area contributed by atoms with Gasteiger partial charge in [0.25, 0.3) is 0 Å². The van der Waals surface area contributed by atoms with Crippen LogP contribution in [0.5, 0.6) is 0 Å². The number of imidazole rings is 1. The molecule has 2 heterocycles. The Balaban J connectivity index is 1.53. The zero-order valence-electron chi connectivity index (χ0n) is 18.1. The third kappa shape index (κ3) is 3.41. The van der Waals surface area contributed by atoms with Crippen LogP contribution in [0.2, 0.25) is 0 Å². The van der Waals surface area contributed by atoms with E-state index < -0.39 is 0 Å². The van der Waals surface area contributed by atoms with Crippen molar-refractivity contribution in [1.82, 2.24) is 14.6 Å². The third-order valence-corrected chi connectivity index (χ3v) is 6.70. The van der Waals surface area contributed by atoms with Gasteiger partial charge in [-0.05, 0) is 60.7 Å². The maximum atomic E-state index is 13.5. The fourth-order valence-corrected chi connectivity index (χ4v) is 4.59. The zero-order chi connectivity index (χ0) is 22.4. The summed E-state index contributed by atoms with van der Waals surface area (Å²) in [4.78, 5) is 4.59. The number of nitrogens with two attached hydrogens (primary N) is 1. The molecule has 0 bridgehead atoms. The molecule has 1 aliphatic carbocycles. The van der Waals surface area contributed by atoms with Crippen molar-refractivity contribution in [3.05, 3.63) is 103 Å². The van der Waals surface area contributed by atoms with E-state index in [1.165, 1.54) is 24.1 Å². The lowest BCUT2D eigenvalue weighted by Gasteiger charge is -2.38. The lowest BCUT2D eigenvalue weighted by atomic mass is 9.72. The monoisotopic (exact) mass is 434 g/mol. The number of aromatic nitrogens is 3. The Hall–Kier alpha value is -3.83. The second kappa shape index (κ2) is 7.64. The highest BCUT2D eigenvalue weighted by Gasteiger charge is 2.34. The van der Waals surface area contributed by atoms with Crippen molar-refractivity contribution in [3.8, 4) is 33.6 Å². The molecule has 0 amide bonds. The van der Waals surface area contributed by atoms with Crippen LogP contribution in [-0.2, 0) is 5.54 Å². The van der Waals surface area contributed by atoms with E-state index in [0.717, 1.165) is 52.1 Å². The zero-order valence-corrected chi connectivity index (χ0v) is 18.1. The van der Waals surface area contributed by atoms with E-state index >= 15 is 0 Å². The molecule has 0 unspecified atom stereocenters. The second-order valence-corrected chi connectivity index (χ2v) is 8.78. The average molecular weight is 435 g/mol. The van der Waals surface area contributed by atoms with E-state index in [4.69, 9.17) is 10.8 Å². The predicted octanol–water partition coefficient (Wildman–Crippen LogP) is 6.21. The Bertz CT molecular complexity index is 1430. The van der Waals surface area contributed by atoms with Crippen molar-refractivity contribution in [2.24, 2.45) is 5.73 Å². The second-order valence-electron chi connectivity index (χ2n) is 8.78. The van der Waals surface area contributed by atoms with Crippen LogP contribution >= 0.6 is 0 Å². The topological polar surface area (TPSA) is 56.2 Å². The molecular weight excluding hydrogens is 411 g/mol. The first-order valence-corrected chi connectivity index (χ1v) is 11.2. The largest absolute Gasteiger partial charge is 0.321 e. The average Bonchev–Trinajstić information content (AvgIpc) is 3.26. The SMILES string of the molecule is NC1(c2ccc(-c3nn4c(-c5ccc(F)cc5)cnc4cc3-c3ccccc3)cc2)CCC1. The number of benzene rings is 3. The van der Waals surface area contributed by atoms with Crippen LogP contribution in [0.3, 0.4) is 0 Å². The summed E-state index contributed by atoms with van der Waals surface area (Å²) in [7, 11) is 0. The van der Waals surface area contributed by atoms with E-state index in [-0.39, 0.29) is 11.4 Å². The van der Waals surface area contributed by atoms with E-state index in [1.807, 2.05) is 22.7 Å². The third-order valence-electron chi connectivity index (χ3n) is 6.70. The maximum Gasteiger partial charge on any atom is 0.154 e. The van der Waals surface area contributed by atoms with Gasteiger partial charge in [-0.25, -0.2) is 13.9 Å². The maximum absolute atomic E-state index is 13.5. The van der Waals surface area contributed by atoms with Gasteiger partial charge in [-0.15, -0.1) is 0 Å². The van der Waals surface area contributed by atoms with Gasteiger partial charge in [-0.1, -0.05) is 54.6 Å².